The molecule has 96 valence electrons. The lowest BCUT2D eigenvalue weighted by molar-refractivity contribution is 0.0659. The van der Waals surface area contributed by atoms with Gasteiger partial charge >= 0.3 is 5.97 Å². The minimum atomic E-state index is -1.03. The summed E-state index contributed by atoms with van der Waals surface area (Å²) in [7, 11) is 0. The average molecular weight is 249 g/mol. The molecule has 2 rings (SSSR count). The summed E-state index contributed by atoms with van der Waals surface area (Å²) in [6, 6.07) is 5.51. The molecule has 0 unspecified atom stereocenters. The molecule has 0 radical (unpaired) electrons. The van der Waals surface area contributed by atoms with Gasteiger partial charge in [-0.15, -0.1) is 0 Å². The van der Waals surface area contributed by atoms with E-state index >= 15 is 0 Å². The lowest BCUT2D eigenvalue weighted by Crippen LogP contribution is -2.16. The zero-order valence-electron chi connectivity index (χ0n) is 10.1. The van der Waals surface area contributed by atoms with Gasteiger partial charge in [0.05, 0.1) is 12.8 Å². The van der Waals surface area contributed by atoms with Crippen molar-refractivity contribution in [3.8, 4) is 0 Å². The molecule has 0 atom stereocenters. The maximum Gasteiger partial charge on any atom is 0.372 e. The van der Waals surface area contributed by atoms with Crippen LogP contribution in [-0.2, 0) is 13.0 Å². The molecule has 0 amide bonds. The van der Waals surface area contributed by atoms with Crippen LogP contribution in [0.15, 0.2) is 33.3 Å². The molecule has 0 aromatic carbocycles. The van der Waals surface area contributed by atoms with E-state index < -0.39 is 5.97 Å². The number of carboxylic acid groups (broad SMARTS) is 1. The summed E-state index contributed by atoms with van der Waals surface area (Å²) >= 11 is 0. The Kier molecular flexibility index (Phi) is 3.84. The monoisotopic (exact) mass is 249 g/mol. The molecule has 0 bridgehead atoms. The number of nitrogens with one attached hydrogen (secondary N) is 1. The second-order valence-corrected chi connectivity index (χ2v) is 4.04. The SMILES string of the molecule is Cc1cc(CNCCc2ccco2)oc1C(=O)O. The molecule has 5 nitrogen and oxygen atoms in total. The Labute approximate surface area is 104 Å². The first-order valence-corrected chi connectivity index (χ1v) is 5.72. The van der Waals surface area contributed by atoms with Crippen LogP contribution in [0.5, 0.6) is 0 Å². The maximum absolute atomic E-state index is 10.8. The van der Waals surface area contributed by atoms with E-state index in [0.717, 1.165) is 18.7 Å². The third kappa shape index (κ3) is 3.01. The summed E-state index contributed by atoms with van der Waals surface area (Å²) in [6.45, 7) is 2.98. The topological polar surface area (TPSA) is 75.6 Å². The lowest BCUT2D eigenvalue weighted by atomic mass is 10.2. The Morgan fingerprint density at radius 2 is 2.28 bits per heavy atom. The van der Waals surface area contributed by atoms with Gasteiger partial charge in [-0.2, -0.15) is 0 Å². The fraction of sp³-hybridized carbons (Fsp3) is 0.308. The first-order valence-electron chi connectivity index (χ1n) is 5.72. The second-order valence-electron chi connectivity index (χ2n) is 4.04. The number of carbonyl (C=O) groups is 1. The number of aromatic carboxylic acids is 1. The van der Waals surface area contributed by atoms with Gasteiger partial charge in [0.25, 0.3) is 0 Å². The largest absolute Gasteiger partial charge is 0.475 e. The number of furan rings is 2. The number of hydrogen-bond acceptors (Lipinski definition) is 4. The van der Waals surface area contributed by atoms with Gasteiger partial charge in [0.1, 0.15) is 11.5 Å². The zero-order valence-corrected chi connectivity index (χ0v) is 10.1. The van der Waals surface area contributed by atoms with Crippen LogP contribution in [0, 0.1) is 6.92 Å². The van der Waals surface area contributed by atoms with Crippen LogP contribution in [-0.4, -0.2) is 17.6 Å². The van der Waals surface area contributed by atoms with Crippen LogP contribution < -0.4 is 5.32 Å². The van der Waals surface area contributed by atoms with E-state index in [1.165, 1.54) is 0 Å². The highest BCUT2D eigenvalue weighted by molar-refractivity contribution is 5.86. The van der Waals surface area contributed by atoms with E-state index in [0.29, 0.717) is 17.9 Å². The molecular weight excluding hydrogens is 234 g/mol. The zero-order chi connectivity index (χ0) is 13.0. The van der Waals surface area contributed by atoms with E-state index in [9.17, 15) is 4.79 Å². The summed E-state index contributed by atoms with van der Waals surface area (Å²) in [5.74, 6) is 0.529. The highest BCUT2D eigenvalue weighted by Gasteiger charge is 2.13. The fourth-order valence-electron chi connectivity index (χ4n) is 1.73. The Morgan fingerprint density at radius 3 is 2.89 bits per heavy atom. The molecule has 0 saturated carbocycles. The molecule has 0 fully saturated rings. The molecule has 0 aliphatic rings. The van der Waals surface area contributed by atoms with Crippen LogP contribution in [0.3, 0.4) is 0 Å². The van der Waals surface area contributed by atoms with E-state index in [2.05, 4.69) is 5.32 Å². The van der Waals surface area contributed by atoms with Gasteiger partial charge in [-0.1, -0.05) is 0 Å². The summed E-state index contributed by atoms with van der Waals surface area (Å²) < 4.78 is 10.4. The first-order chi connectivity index (χ1) is 8.66. The quantitative estimate of drug-likeness (QED) is 0.768. The third-order valence-electron chi connectivity index (χ3n) is 2.59. The number of aryl methyl sites for hydroxylation is 1. The van der Waals surface area contributed by atoms with Crippen LogP contribution >= 0.6 is 0 Å². The maximum atomic E-state index is 10.8. The Hall–Kier alpha value is -2.01. The van der Waals surface area contributed by atoms with Crippen LogP contribution in [0.25, 0.3) is 0 Å². The lowest BCUT2D eigenvalue weighted by Gasteiger charge is -2.00. The summed E-state index contributed by atoms with van der Waals surface area (Å²) in [4.78, 5) is 10.8. The number of carboxylic acids is 1. The van der Waals surface area contributed by atoms with Crippen molar-refractivity contribution in [2.75, 3.05) is 6.54 Å². The number of rotatable bonds is 6. The minimum absolute atomic E-state index is 0.0119. The second kappa shape index (κ2) is 5.55. The highest BCUT2D eigenvalue weighted by atomic mass is 16.4. The Morgan fingerprint density at radius 1 is 1.44 bits per heavy atom. The van der Waals surface area contributed by atoms with Crippen LogP contribution in [0.2, 0.25) is 0 Å². The molecular formula is C13H15NO4. The first kappa shape index (κ1) is 12.4. The molecule has 18 heavy (non-hydrogen) atoms. The van der Waals surface area contributed by atoms with E-state index in [1.54, 1.807) is 19.3 Å². The van der Waals surface area contributed by atoms with Crippen molar-refractivity contribution in [2.24, 2.45) is 0 Å². The molecule has 2 aromatic heterocycles. The standard InChI is InChI=1S/C13H15NO4/c1-9-7-11(18-12(9)13(15)16)8-14-5-4-10-3-2-6-17-10/h2-3,6-7,14H,4-5,8H2,1H3,(H,15,16). The molecule has 0 aliphatic heterocycles. The Bertz CT molecular complexity index is 513. The minimum Gasteiger partial charge on any atom is -0.475 e. The van der Waals surface area contributed by atoms with Gasteiger partial charge in [-0.05, 0) is 25.1 Å². The van der Waals surface area contributed by atoms with Crippen molar-refractivity contribution in [1.82, 2.24) is 5.32 Å². The summed E-state index contributed by atoms with van der Waals surface area (Å²) in [6.07, 6.45) is 2.43. The van der Waals surface area contributed by atoms with E-state index in [-0.39, 0.29) is 5.76 Å². The van der Waals surface area contributed by atoms with Gasteiger partial charge in [-0.25, -0.2) is 4.79 Å². The molecule has 0 saturated heterocycles. The third-order valence-corrected chi connectivity index (χ3v) is 2.59. The fourth-order valence-corrected chi connectivity index (χ4v) is 1.73. The molecule has 2 N–H and O–H groups in total. The summed E-state index contributed by atoms with van der Waals surface area (Å²) in [5, 5.41) is 12.0. The van der Waals surface area contributed by atoms with Gasteiger partial charge in [-0.3, -0.25) is 0 Å². The summed E-state index contributed by atoms with van der Waals surface area (Å²) in [5.41, 5.74) is 0.644. The predicted molar refractivity (Wildman–Crippen MR) is 64.5 cm³/mol. The smallest absolute Gasteiger partial charge is 0.372 e. The molecule has 0 aliphatic carbocycles. The normalized spacial score (nSPS) is 10.7. The molecule has 0 spiro atoms. The molecule has 2 aromatic rings. The van der Waals surface area contributed by atoms with Crippen molar-refractivity contribution in [1.29, 1.82) is 0 Å². The van der Waals surface area contributed by atoms with Gasteiger partial charge in [0.2, 0.25) is 5.76 Å². The number of hydrogen-bond donors (Lipinski definition) is 2. The molecule has 5 heteroatoms. The Balaban J connectivity index is 1.80. The predicted octanol–water partition coefficient (Wildman–Crippen LogP) is 2.21. The van der Waals surface area contributed by atoms with Crippen molar-refractivity contribution in [2.45, 2.75) is 19.9 Å². The van der Waals surface area contributed by atoms with Crippen molar-refractivity contribution < 1.29 is 18.7 Å². The molecule has 2 heterocycles. The van der Waals surface area contributed by atoms with Gasteiger partial charge < -0.3 is 19.3 Å². The van der Waals surface area contributed by atoms with Crippen LogP contribution in [0.1, 0.15) is 27.6 Å². The average Bonchev–Trinajstić information content (AvgIpc) is 2.94. The van der Waals surface area contributed by atoms with Crippen molar-refractivity contribution >= 4 is 5.97 Å². The van der Waals surface area contributed by atoms with Gasteiger partial charge in [0, 0.05) is 18.5 Å². The van der Waals surface area contributed by atoms with E-state index in [1.807, 2.05) is 12.1 Å². The van der Waals surface area contributed by atoms with Gasteiger partial charge in [0.15, 0.2) is 0 Å². The van der Waals surface area contributed by atoms with E-state index in [4.69, 9.17) is 13.9 Å². The van der Waals surface area contributed by atoms with Crippen molar-refractivity contribution in [3.63, 3.8) is 0 Å². The van der Waals surface area contributed by atoms with Crippen LogP contribution in [0.4, 0.5) is 0 Å². The highest BCUT2D eigenvalue weighted by Crippen LogP contribution is 2.14. The van der Waals surface area contributed by atoms with Crippen molar-refractivity contribution in [3.05, 3.63) is 47.3 Å².